The Morgan fingerprint density at radius 3 is 2.56 bits per heavy atom. The fourth-order valence-corrected chi connectivity index (χ4v) is 2.35. The van der Waals surface area contributed by atoms with Crippen molar-refractivity contribution in [3.8, 4) is 11.3 Å². The minimum atomic E-state index is 0.697. The van der Waals surface area contributed by atoms with E-state index in [1.54, 1.807) is 0 Å². The van der Waals surface area contributed by atoms with Crippen LogP contribution < -0.4 is 0 Å². The van der Waals surface area contributed by atoms with Crippen LogP contribution in [0.15, 0.2) is 36.5 Å². The van der Waals surface area contributed by atoms with Crippen LogP contribution in [-0.4, -0.2) is 9.55 Å². The summed E-state index contributed by atoms with van der Waals surface area (Å²) in [5.74, 6) is 1.95. The molecule has 0 spiro atoms. The van der Waals surface area contributed by atoms with Gasteiger partial charge >= 0.3 is 0 Å². The first-order valence-corrected chi connectivity index (χ1v) is 5.93. The molecule has 1 aromatic heterocycles. The molecule has 0 atom stereocenters. The van der Waals surface area contributed by atoms with Gasteiger partial charge in [-0.05, 0) is 18.4 Å². The fraction of sp³-hybridized carbons (Fsp3) is 0.357. The Bertz CT molecular complexity index is 481. The zero-order chi connectivity index (χ0) is 11.0. The first kappa shape index (κ1) is 9.64. The van der Waals surface area contributed by atoms with Crippen LogP contribution in [0.1, 0.15) is 31.0 Å². The Morgan fingerprint density at radius 2 is 1.94 bits per heavy atom. The summed E-state index contributed by atoms with van der Waals surface area (Å²) in [6, 6.07) is 10.5. The molecule has 0 radical (unpaired) electrons. The second-order valence-electron chi connectivity index (χ2n) is 4.55. The highest BCUT2D eigenvalue weighted by Gasteiger charge is 2.24. The van der Waals surface area contributed by atoms with E-state index in [0.717, 1.165) is 0 Å². The van der Waals surface area contributed by atoms with Crippen molar-refractivity contribution >= 4 is 0 Å². The maximum Gasteiger partial charge on any atom is 0.111 e. The number of hydrogen-bond acceptors (Lipinski definition) is 1. The van der Waals surface area contributed by atoms with Gasteiger partial charge in [-0.15, -0.1) is 0 Å². The van der Waals surface area contributed by atoms with E-state index in [-0.39, 0.29) is 0 Å². The van der Waals surface area contributed by atoms with Crippen LogP contribution in [0.25, 0.3) is 11.3 Å². The van der Waals surface area contributed by atoms with E-state index in [9.17, 15) is 0 Å². The topological polar surface area (TPSA) is 17.8 Å². The van der Waals surface area contributed by atoms with Crippen LogP contribution in [0, 0.1) is 0 Å². The summed E-state index contributed by atoms with van der Waals surface area (Å²) in [7, 11) is 2.13. The van der Waals surface area contributed by atoms with Crippen molar-refractivity contribution in [1.82, 2.24) is 9.55 Å². The quantitative estimate of drug-likeness (QED) is 0.746. The second-order valence-corrected chi connectivity index (χ2v) is 4.55. The molecule has 1 heterocycles. The molecule has 1 aromatic carbocycles. The van der Waals surface area contributed by atoms with E-state index in [1.807, 2.05) is 12.3 Å². The summed E-state index contributed by atoms with van der Waals surface area (Å²) in [5.41, 5.74) is 2.48. The molecule has 0 amide bonds. The Kier molecular flexibility index (Phi) is 2.28. The molecule has 1 fully saturated rings. The molecular formula is C14H16N2. The monoisotopic (exact) mass is 212 g/mol. The Balaban J connectivity index is 2.00. The van der Waals surface area contributed by atoms with Gasteiger partial charge in [-0.25, -0.2) is 4.98 Å². The number of hydrogen-bond donors (Lipinski definition) is 0. The lowest BCUT2D eigenvalue weighted by Gasteiger charge is -2.24. The third kappa shape index (κ3) is 1.45. The average Bonchev–Trinajstić information content (AvgIpc) is 2.60. The predicted octanol–water partition coefficient (Wildman–Crippen LogP) is 3.35. The lowest BCUT2D eigenvalue weighted by molar-refractivity contribution is 0.393. The molecule has 0 bridgehead atoms. The van der Waals surface area contributed by atoms with Crippen molar-refractivity contribution < 1.29 is 0 Å². The lowest BCUT2D eigenvalue weighted by atomic mass is 9.85. The smallest absolute Gasteiger partial charge is 0.111 e. The van der Waals surface area contributed by atoms with E-state index in [1.165, 1.54) is 36.3 Å². The molecule has 2 aromatic rings. The highest BCUT2D eigenvalue weighted by atomic mass is 15.1. The number of aromatic nitrogens is 2. The zero-order valence-electron chi connectivity index (χ0n) is 9.56. The van der Waals surface area contributed by atoms with Crippen molar-refractivity contribution in [1.29, 1.82) is 0 Å². The molecule has 1 saturated carbocycles. The van der Waals surface area contributed by atoms with E-state index >= 15 is 0 Å². The molecule has 0 aliphatic heterocycles. The summed E-state index contributed by atoms with van der Waals surface area (Å²) < 4.78 is 2.25. The first-order chi connectivity index (χ1) is 7.86. The third-order valence-corrected chi connectivity index (χ3v) is 3.56. The molecule has 82 valence electrons. The minimum Gasteiger partial charge on any atom is -0.331 e. The van der Waals surface area contributed by atoms with Gasteiger partial charge in [-0.2, -0.15) is 0 Å². The van der Waals surface area contributed by atoms with Gasteiger partial charge < -0.3 is 4.57 Å². The van der Waals surface area contributed by atoms with Gasteiger partial charge in [0.15, 0.2) is 0 Å². The first-order valence-electron chi connectivity index (χ1n) is 5.93. The molecule has 1 aliphatic carbocycles. The van der Waals surface area contributed by atoms with Gasteiger partial charge in [-0.1, -0.05) is 36.8 Å². The van der Waals surface area contributed by atoms with Gasteiger partial charge in [0.05, 0.1) is 11.9 Å². The van der Waals surface area contributed by atoms with Crippen LogP contribution in [0.4, 0.5) is 0 Å². The summed E-state index contributed by atoms with van der Waals surface area (Å²) in [6.45, 7) is 0. The number of benzene rings is 1. The highest BCUT2D eigenvalue weighted by molar-refractivity contribution is 5.59. The van der Waals surface area contributed by atoms with Crippen LogP contribution in [0.5, 0.6) is 0 Å². The summed E-state index contributed by atoms with van der Waals surface area (Å²) in [6.07, 6.45) is 5.97. The van der Waals surface area contributed by atoms with Crippen molar-refractivity contribution in [2.45, 2.75) is 25.2 Å². The molecule has 2 nitrogen and oxygen atoms in total. The van der Waals surface area contributed by atoms with E-state index in [4.69, 9.17) is 0 Å². The van der Waals surface area contributed by atoms with E-state index in [0.29, 0.717) is 5.92 Å². The van der Waals surface area contributed by atoms with Crippen LogP contribution in [0.2, 0.25) is 0 Å². The van der Waals surface area contributed by atoms with Crippen LogP contribution in [0.3, 0.4) is 0 Å². The summed E-state index contributed by atoms with van der Waals surface area (Å²) in [5, 5.41) is 0. The molecule has 0 saturated heterocycles. The van der Waals surface area contributed by atoms with Gasteiger partial charge in [0, 0.05) is 13.0 Å². The van der Waals surface area contributed by atoms with E-state index in [2.05, 4.69) is 40.9 Å². The molecule has 3 rings (SSSR count). The molecule has 2 heteroatoms. The number of nitrogens with zero attached hydrogens (tertiary/aromatic N) is 2. The SMILES string of the molecule is Cn1c(-c2ccccc2)cnc1C1CCC1. The normalized spacial score (nSPS) is 16.1. The summed E-state index contributed by atoms with van der Waals surface area (Å²) in [4.78, 5) is 4.58. The molecule has 16 heavy (non-hydrogen) atoms. The molecular weight excluding hydrogens is 196 g/mol. The van der Waals surface area contributed by atoms with Crippen LogP contribution in [-0.2, 0) is 7.05 Å². The standard InChI is InChI=1S/C14H16N2/c1-16-13(11-6-3-2-4-7-11)10-15-14(16)12-8-5-9-12/h2-4,6-7,10,12H,5,8-9H2,1H3. The Labute approximate surface area is 95.9 Å². The number of imidazole rings is 1. The van der Waals surface area contributed by atoms with Gasteiger partial charge in [0.2, 0.25) is 0 Å². The molecule has 0 N–H and O–H groups in total. The molecule has 0 unspecified atom stereocenters. The predicted molar refractivity (Wildman–Crippen MR) is 65.2 cm³/mol. The lowest BCUT2D eigenvalue weighted by Crippen LogP contribution is -2.14. The van der Waals surface area contributed by atoms with Crippen LogP contribution >= 0.6 is 0 Å². The van der Waals surface area contributed by atoms with E-state index < -0.39 is 0 Å². The second kappa shape index (κ2) is 3.78. The minimum absolute atomic E-state index is 0.697. The van der Waals surface area contributed by atoms with Gasteiger partial charge in [0.25, 0.3) is 0 Å². The van der Waals surface area contributed by atoms with Crippen molar-refractivity contribution in [3.05, 3.63) is 42.4 Å². The fourth-order valence-electron chi connectivity index (χ4n) is 2.35. The van der Waals surface area contributed by atoms with Crippen molar-refractivity contribution in [2.24, 2.45) is 7.05 Å². The number of rotatable bonds is 2. The largest absolute Gasteiger partial charge is 0.331 e. The Morgan fingerprint density at radius 1 is 1.19 bits per heavy atom. The third-order valence-electron chi connectivity index (χ3n) is 3.56. The van der Waals surface area contributed by atoms with Gasteiger partial charge in [0.1, 0.15) is 5.82 Å². The maximum absolute atomic E-state index is 4.58. The van der Waals surface area contributed by atoms with Gasteiger partial charge in [-0.3, -0.25) is 0 Å². The summed E-state index contributed by atoms with van der Waals surface area (Å²) >= 11 is 0. The molecule has 1 aliphatic rings. The maximum atomic E-state index is 4.58. The van der Waals surface area contributed by atoms with Crippen molar-refractivity contribution in [3.63, 3.8) is 0 Å². The average molecular weight is 212 g/mol. The Hall–Kier alpha value is -1.57. The van der Waals surface area contributed by atoms with Crippen molar-refractivity contribution in [2.75, 3.05) is 0 Å². The zero-order valence-corrected chi connectivity index (χ0v) is 9.56. The highest BCUT2D eigenvalue weighted by Crippen LogP contribution is 2.36.